The summed E-state index contributed by atoms with van der Waals surface area (Å²) in [5, 5.41) is 12.8. The van der Waals surface area contributed by atoms with E-state index in [2.05, 4.69) is 12.2 Å². The van der Waals surface area contributed by atoms with Gasteiger partial charge in [0.15, 0.2) is 0 Å². The maximum absolute atomic E-state index is 12.3. The van der Waals surface area contributed by atoms with Crippen molar-refractivity contribution in [2.45, 2.75) is 70.9 Å². The first-order valence-corrected chi connectivity index (χ1v) is 8.33. The minimum atomic E-state index is -0.246. The number of rotatable bonds is 3. The molecule has 2 rings (SSSR count). The fourth-order valence-electron chi connectivity index (χ4n) is 3.64. The number of hydrogen-bond acceptors (Lipinski definition) is 2. The van der Waals surface area contributed by atoms with E-state index in [4.69, 9.17) is 0 Å². The number of piperidine rings is 1. The summed E-state index contributed by atoms with van der Waals surface area (Å²) in [6.07, 6.45) is 7.67. The van der Waals surface area contributed by atoms with Crippen molar-refractivity contribution in [2.24, 2.45) is 11.8 Å². The van der Waals surface area contributed by atoms with Gasteiger partial charge in [-0.15, -0.1) is 0 Å². The third kappa shape index (κ3) is 4.11. The molecule has 20 heavy (non-hydrogen) atoms. The highest BCUT2D eigenvalue weighted by Gasteiger charge is 2.28. The SMILES string of the molecule is CCC1CCCC(NC(=O)N2CCC(C(C)O)CC2)C1. The predicted octanol–water partition coefficient (Wildman–Crippen LogP) is 2.76. The highest BCUT2D eigenvalue weighted by Crippen LogP contribution is 2.27. The van der Waals surface area contributed by atoms with Gasteiger partial charge in [0, 0.05) is 19.1 Å². The van der Waals surface area contributed by atoms with Crippen LogP contribution in [0.1, 0.15) is 58.8 Å². The van der Waals surface area contributed by atoms with Crippen molar-refractivity contribution in [2.75, 3.05) is 13.1 Å². The van der Waals surface area contributed by atoms with Gasteiger partial charge in [-0.05, 0) is 44.4 Å². The van der Waals surface area contributed by atoms with E-state index in [1.54, 1.807) is 0 Å². The number of aliphatic hydroxyl groups is 1. The fourth-order valence-corrected chi connectivity index (χ4v) is 3.64. The van der Waals surface area contributed by atoms with Crippen LogP contribution in [0.4, 0.5) is 4.79 Å². The molecule has 1 saturated heterocycles. The molecule has 3 unspecified atom stereocenters. The maximum atomic E-state index is 12.3. The third-order valence-electron chi connectivity index (χ3n) is 5.20. The van der Waals surface area contributed by atoms with Crippen molar-refractivity contribution in [3.8, 4) is 0 Å². The van der Waals surface area contributed by atoms with Crippen molar-refractivity contribution >= 4 is 6.03 Å². The molecule has 2 N–H and O–H groups in total. The molecule has 1 aliphatic carbocycles. The third-order valence-corrected chi connectivity index (χ3v) is 5.20. The summed E-state index contributed by atoms with van der Waals surface area (Å²) in [5.74, 6) is 1.15. The first kappa shape index (κ1) is 15.6. The Morgan fingerprint density at radius 2 is 2.00 bits per heavy atom. The monoisotopic (exact) mass is 282 g/mol. The van der Waals surface area contributed by atoms with Crippen molar-refractivity contribution in [1.82, 2.24) is 10.2 Å². The molecule has 0 bridgehead atoms. The van der Waals surface area contributed by atoms with Gasteiger partial charge in [0.05, 0.1) is 6.10 Å². The zero-order valence-corrected chi connectivity index (χ0v) is 13.0. The Morgan fingerprint density at radius 3 is 2.60 bits per heavy atom. The van der Waals surface area contributed by atoms with E-state index in [-0.39, 0.29) is 12.1 Å². The second-order valence-corrected chi connectivity index (χ2v) is 6.65. The highest BCUT2D eigenvalue weighted by molar-refractivity contribution is 5.74. The lowest BCUT2D eigenvalue weighted by Gasteiger charge is -2.35. The van der Waals surface area contributed by atoms with Crippen molar-refractivity contribution in [3.63, 3.8) is 0 Å². The first-order valence-electron chi connectivity index (χ1n) is 8.33. The average molecular weight is 282 g/mol. The summed E-state index contributed by atoms with van der Waals surface area (Å²) in [6, 6.07) is 0.478. The van der Waals surface area contributed by atoms with Gasteiger partial charge in [-0.2, -0.15) is 0 Å². The number of nitrogens with zero attached hydrogens (tertiary/aromatic N) is 1. The van der Waals surface area contributed by atoms with E-state index in [0.717, 1.165) is 44.7 Å². The van der Waals surface area contributed by atoms with Gasteiger partial charge in [0.2, 0.25) is 0 Å². The van der Waals surface area contributed by atoms with E-state index >= 15 is 0 Å². The van der Waals surface area contributed by atoms with Gasteiger partial charge in [-0.25, -0.2) is 4.79 Å². The number of carbonyl (C=O) groups excluding carboxylic acids is 1. The van der Waals surface area contributed by atoms with Gasteiger partial charge in [-0.3, -0.25) is 0 Å². The largest absolute Gasteiger partial charge is 0.393 e. The van der Waals surface area contributed by atoms with Gasteiger partial charge < -0.3 is 15.3 Å². The van der Waals surface area contributed by atoms with Crippen LogP contribution in [0.15, 0.2) is 0 Å². The molecule has 0 aromatic carbocycles. The molecule has 0 aromatic heterocycles. The number of amides is 2. The molecular weight excluding hydrogens is 252 g/mol. The lowest BCUT2D eigenvalue weighted by atomic mass is 9.84. The Bertz CT molecular complexity index is 312. The molecule has 0 spiro atoms. The lowest BCUT2D eigenvalue weighted by Crippen LogP contribution is -2.49. The normalized spacial score (nSPS) is 30.1. The average Bonchev–Trinajstić information content (AvgIpc) is 2.47. The second kappa shape index (κ2) is 7.30. The minimum absolute atomic E-state index is 0.107. The van der Waals surface area contributed by atoms with E-state index in [1.165, 1.54) is 19.3 Å². The van der Waals surface area contributed by atoms with E-state index in [1.807, 2.05) is 11.8 Å². The van der Waals surface area contributed by atoms with Crippen LogP contribution in [0.3, 0.4) is 0 Å². The summed E-state index contributed by atoms with van der Waals surface area (Å²) >= 11 is 0. The zero-order valence-electron chi connectivity index (χ0n) is 13.0. The standard InChI is InChI=1S/C16H30N2O2/c1-3-13-5-4-6-15(11-13)17-16(20)18-9-7-14(8-10-18)12(2)19/h12-15,19H,3-11H2,1-2H3,(H,17,20). The molecule has 1 heterocycles. The summed E-state index contributed by atoms with van der Waals surface area (Å²) < 4.78 is 0. The van der Waals surface area contributed by atoms with Gasteiger partial charge in [0.1, 0.15) is 0 Å². The second-order valence-electron chi connectivity index (χ2n) is 6.65. The van der Waals surface area contributed by atoms with Crippen LogP contribution >= 0.6 is 0 Å². The molecule has 2 amide bonds. The van der Waals surface area contributed by atoms with E-state index < -0.39 is 0 Å². The molecule has 1 saturated carbocycles. The maximum Gasteiger partial charge on any atom is 0.317 e. The molecular formula is C16H30N2O2. The number of carbonyl (C=O) groups is 1. The highest BCUT2D eigenvalue weighted by atomic mass is 16.3. The van der Waals surface area contributed by atoms with Crippen LogP contribution in [-0.2, 0) is 0 Å². The Hall–Kier alpha value is -0.770. The van der Waals surface area contributed by atoms with E-state index in [0.29, 0.717) is 12.0 Å². The Balaban J connectivity index is 1.75. The number of urea groups is 1. The van der Waals surface area contributed by atoms with Crippen LogP contribution in [0.5, 0.6) is 0 Å². The predicted molar refractivity (Wildman–Crippen MR) is 80.5 cm³/mol. The first-order chi connectivity index (χ1) is 9.60. The topological polar surface area (TPSA) is 52.6 Å². The number of aliphatic hydroxyl groups excluding tert-OH is 1. The molecule has 4 nitrogen and oxygen atoms in total. The van der Waals surface area contributed by atoms with Crippen LogP contribution in [0, 0.1) is 11.8 Å². The number of likely N-dealkylation sites (tertiary alicyclic amines) is 1. The van der Waals surface area contributed by atoms with Crippen molar-refractivity contribution in [3.05, 3.63) is 0 Å². The Labute approximate surface area is 122 Å². The van der Waals surface area contributed by atoms with Crippen LogP contribution in [0.2, 0.25) is 0 Å². The molecule has 0 radical (unpaired) electrons. The molecule has 2 fully saturated rings. The molecule has 116 valence electrons. The van der Waals surface area contributed by atoms with Crippen molar-refractivity contribution < 1.29 is 9.90 Å². The minimum Gasteiger partial charge on any atom is -0.393 e. The molecule has 2 aliphatic rings. The quantitative estimate of drug-likeness (QED) is 0.836. The Morgan fingerprint density at radius 1 is 1.30 bits per heavy atom. The molecule has 0 aromatic rings. The van der Waals surface area contributed by atoms with Crippen LogP contribution in [0.25, 0.3) is 0 Å². The summed E-state index contributed by atoms with van der Waals surface area (Å²) in [5.41, 5.74) is 0. The van der Waals surface area contributed by atoms with Gasteiger partial charge >= 0.3 is 6.03 Å². The van der Waals surface area contributed by atoms with Crippen LogP contribution in [-0.4, -0.2) is 41.3 Å². The zero-order chi connectivity index (χ0) is 14.5. The summed E-state index contributed by atoms with van der Waals surface area (Å²) in [6.45, 7) is 5.67. The molecule has 3 atom stereocenters. The summed E-state index contributed by atoms with van der Waals surface area (Å²) in [7, 11) is 0. The number of nitrogens with one attached hydrogen (secondary N) is 1. The van der Waals surface area contributed by atoms with Crippen molar-refractivity contribution in [1.29, 1.82) is 0 Å². The number of hydrogen-bond donors (Lipinski definition) is 2. The summed E-state index contributed by atoms with van der Waals surface area (Å²) in [4.78, 5) is 14.2. The fraction of sp³-hybridized carbons (Fsp3) is 0.938. The van der Waals surface area contributed by atoms with Gasteiger partial charge in [-0.1, -0.05) is 26.2 Å². The smallest absolute Gasteiger partial charge is 0.317 e. The van der Waals surface area contributed by atoms with E-state index in [9.17, 15) is 9.90 Å². The molecule has 1 aliphatic heterocycles. The van der Waals surface area contributed by atoms with Crippen LogP contribution < -0.4 is 5.32 Å². The lowest BCUT2D eigenvalue weighted by molar-refractivity contribution is 0.0787. The molecule has 4 heteroatoms. The Kier molecular flexibility index (Phi) is 5.70. The van der Waals surface area contributed by atoms with Gasteiger partial charge in [0.25, 0.3) is 0 Å².